The van der Waals surface area contributed by atoms with Gasteiger partial charge < -0.3 is 19.8 Å². The fourth-order valence-electron chi connectivity index (χ4n) is 3.90. The van der Waals surface area contributed by atoms with Crippen LogP contribution in [0.1, 0.15) is 12.6 Å². The highest BCUT2D eigenvalue weighted by molar-refractivity contribution is 5.91. The van der Waals surface area contributed by atoms with E-state index in [9.17, 15) is 9.59 Å². The minimum absolute atomic E-state index is 0.155. The summed E-state index contributed by atoms with van der Waals surface area (Å²) >= 11 is 0. The van der Waals surface area contributed by atoms with Crippen LogP contribution >= 0.6 is 0 Å². The summed E-state index contributed by atoms with van der Waals surface area (Å²) in [6.07, 6.45) is -0.109. The third kappa shape index (κ3) is 3.72. The van der Waals surface area contributed by atoms with Gasteiger partial charge in [-0.2, -0.15) is 0 Å². The lowest BCUT2D eigenvalue weighted by Crippen LogP contribution is -2.33. The molecule has 0 spiro atoms. The number of H-pyrrole nitrogens is 1. The van der Waals surface area contributed by atoms with E-state index in [4.69, 9.17) is 14.5 Å². The average Bonchev–Trinajstić information content (AvgIpc) is 3.32. The Balaban J connectivity index is 1.43. The van der Waals surface area contributed by atoms with Gasteiger partial charge in [0.1, 0.15) is 17.7 Å². The Morgan fingerprint density at radius 3 is 2.90 bits per heavy atom. The number of fused-ring (bicyclic) bond motifs is 3. The van der Waals surface area contributed by atoms with Crippen LogP contribution in [0.25, 0.3) is 22.6 Å². The van der Waals surface area contributed by atoms with Crippen molar-refractivity contribution in [3.8, 4) is 28.4 Å². The van der Waals surface area contributed by atoms with Gasteiger partial charge in [0.25, 0.3) is 0 Å². The third-order valence-electron chi connectivity index (χ3n) is 5.42. The van der Waals surface area contributed by atoms with E-state index in [0.29, 0.717) is 31.0 Å². The van der Waals surface area contributed by atoms with Crippen LogP contribution in [-0.2, 0) is 16.0 Å². The van der Waals surface area contributed by atoms with Crippen molar-refractivity contribution in [2.75, 3.05) is 24.6 Å². The van der Waals surface area contributed by atoms with E-state index in [1.807, 2.05) is 48.5 Å². The molecule has 2 aliphatic heterocycles. The van der Waals surface area contributed by atoms with Gasteiger partial charge in [0.2, 0.25) is 5.91 Å². The number of benzene rings is 2. The maximum absolute atomic E-state index is 12.4. The molecule has 2 aliphatic rings. The van der Waals surface area contributed by atoms with Gasteiger partial charge in [-0.15, -0.1) is 0 Å². The maximum Gasteiger partial charge on any atom is 0.414 e. The van der Waals surface area contributed by atoms with Gasteiger partial charge >= 0.3 is 6.09 Å². The van der Waals surface area contributed by atoms with Crippen LogP contribution in [-0.4, -0.2) is 47.8 Å². The number of imidazole rings is 1. The van der Waals surface area contributed by atoms with E-state index in [-0.39, 0.29) is 18.6 Å². The van der Waals surface area contributed by atoms with E-state index < -0.39 is 6.09 Å². The van der Waals surface area contributed by atoms with E-state index in [2.05, 4.69) is 10.3 Å². The molecule has 1 saturated heterocycles. The van der Waals surface area contributed by atoms with Crippen molar-refractivity contribution >= 4 is 17.7 Å². The Labute approximate surface area is 179 Å². The molecule has 0 bridgehead atoms. The SMILES string of the molecule is CC(=O)NCC1CN(c2ccc3c(c2)OCCc2[nH]c(-c4ccccc4)nc2-3)C(=O)O1. The van der Waals surface area contributed by atoms with Gasteiger partial charge in [-0.3, -0.25) is 9.69 Å². The van der Waals surface area contributed by atoms with Gasteiger partial charge in [-0.1, -0.05) is 30.3 Å². The van der Waals surface area contributed by atoms with E-state index in [0.717, 1.165) is 28.3 Å². The maximum atomic E-state index is 12.4. The summed E-state index contributed by atoms with van der Waals surface area (Å²) in [5.74, 6) is 1.35. The summed E-state index contributed by atoms with van der Waals surface area (Å²) < 4.78 is 11.4. The average molecular weight is 418 g/mol. The predicted molar refractivity (Wildman–Crippen MR) is 115 cm³/mol. The molecule has 8 heteroatoms. The van der Waals surface area contributed by atoms with Crippen LogP contribution in [0.4, 0.5) is 10.5 Å². The molecule has 1 aromatic heterocycles. The van der Waals surface area contributed by atoms with Crippen molar-refractivity contribution in [2.45, 2.75) is 19.4 Å². The minimum atomic E-state index is -0.434. The number of nitrogens with one attached hydrogen (secondary N) is 2. The molecule has 0 aliphatic carbocycles. The van der Waals surface area contributed by atoms with E-state index in [1.165, 1.54) is 6.92 Å². The standard InChI is InChI=1S/C23H22N4O4/c1-14(28)24-12-17-13-27(23(29)31-17)16-7-8-18-20(11-16)30-10-9-19-21(18)26-22(25-19)15-5-3-2-4-6-15/h2-8,11,17H,9-10,12-13H2,1H3,(H,24,28)(H,25,26). The van der Waals surface area contributed by atoms with Gasteiger partial charge in [-0.05, 0) is 12.1 Å². The van der Waals surface area contributed by atoms with Crippen LogP contribution < -0.4 is 15.0 Å². The van der Waals surface area contributed by atoms with E-state index in [1.54, 1.807) is 4.90 Å². The van der Waals surface area contributed by atoms with Crippen molar-refractivity contribution in [1.29, 1.82) is 0 Å². The van der Waals surface area contributed by atoms with Gasteiger partial charge in [0, 0.05) is 36.2 Å². The fraction of sp³-hybridized carbons (Fsp3) is 0.261. The zero-order valence-electron chi connectivity index (χ0n) is 17.1. The molecule has 3 aromatic rings. The summed E-state index contributed by atoms with van der Waals surface area (Å²) in [4.78, 5) is 33.3. The number of aromatic amines is 1. The second-order valence-corrected chi connectivity index (χ2v) is 7.61. The number of carbonyl (C=O) groups is 2. The monoisotopic (exact) mass is 418 g/mol. The third-order valence-corrected chi connectivity index (χ3v) is 5.42. The first-order chi connectivity index (χ1) is 15.1. The van der Waals surface area contributed by atoms with Crippen molar-refractivity contribution in [3.05, 3.63) is 54.2 Å². The topological polar surface area (TPSA) is 96.5 Å². The highest BCUT2D eigenvalue weighted by Crippen LogP contribution is 2.38. The number of aromatic nitrogens is 2. The minimum Gasteiger partial charge on any atom is -0.492 e. The Morgan fingerprint density at radius 2 is 2.10 bits per heavy atom. The number of amides is 2. The summed E-state index contributed by atoms with van der Waals surface area (Å²) in [5, 5.41) is 2.69. The summed E-state index contributed by atoms with van der Waals surface area (Å²) in [6, 6.07) is 15.6. The molecule has 2 amide bonds. The van der Waals surface area contributed by atoms with Crippen LogP contribution in [0, 0.1) is 0 Å². The summed E-state index contributed by atoms with van der Waals surface area (Å²) in [6.45, 7) is 2.60. The largest absolute Gasteiger partial charge is 0.492 e. The van der Waals surface area contributed by atoms with Crippen molar-refractivity contribution in [3.63, 3.8) is 0 Å². The number of nitrogens with zero attached hydrogens (tertiary/aromatic N) is 2. The van der Waals surface area contributed by atoms with Crippen LogP contribution in [0.15, 0.2) is 48.5 Å². The van der Waals surface area contributed by atoms with Crippen LogP contribution in [0.2, 0.25) is 0 Å². The second kappa shape index (κ2) is 7.79. The zero-order valence-corrected chi connectivity index (χ0v) is 17.1. The van der Waals surface area contributed by atoms with E-state index >= 15 is 0 Å². The highest BCUT2D eigenvalue weighted by Gasteiger charge is 2.33. The quantitative estimate of drug-likeness (QED) is 0.679. The lowest BCUT2D eigenvalue weighted by Gasteiger charge is -2.16. The molecule has 2 N–H and O–H groups in total. The fourth-order valence-corrected chi connectivity index (χ4v) is 3.90. The number of carbonyl (C=O) groups excluding carboxylic acids is 2. The Bertz CT molecular complexity index is 1140. The first-order valence-corrected chi connectivity index (χ1v) is 10.2. The molecule has 8 nitrogen and oxygen atoms in total. The van der Waals surface area contributed by atoms with Gasteiger partial charge in [0.05, 0.1) is 31.1 Å². The lowest BCUT2D eigenvalue weighted by molar-refractivity contribution is -0.119. The second-order valence-electron chi connectivity index (χ2n) is 7.61. The molecule has 158 valence electrons. The first kappa shape index (κ1) is 19.2. The molecule has 1 atom stereocenters. The predicted octanol–water partition coefficient (Wildman–Crippen LogP) is 3.14. The van der Waals surface area contributed by atoms with Crippen molar-refractivity contribution in [1.82, 2.24) is 15.3 Å². The number of cyclic esters (lactones) is 1. The number of rotatable bonds is 4. The van der Waals surface area contributed by atoms with Crippen molar-refractivity contribution < 1.29 is 19.1 Å². The van der Waals surface area contributed by atoms with Crippen LogP contribution in [0.5, 0.6) is 5.75 Å². The number of hydrogen-bond donors (Lipinski definition) is 2. The molecule has 0 saturated carbocycles. The lowest BCUT2D eigenvalue weighted by atomic mass is 10.1. The number of anilines is 1. The smallest absolute Gasteiger partial charge is 0.414 e. The molecular formula is C23H22N4O4. The molecule has 0 radical (unpaired) electrons. The van der Waals surface area contributed by atoms with Gasteiger partial charge in [-0.25, -0.2) is 9.78 Å². The number of hydrogen-bond acceptors (Lipinski definition) is 5. The Morgan fingerprint density at radius 1 is 1.26 bits per heavy atom. The number of ether oxygens (including phenoxy) is 2. The Hall–Kier alpha value is -3.81. The zero-order chi connectivity index (χ0) is 21.4. The normalized spacial score (nSPS) is 17.3. The first-order valence-electron chi connectivity index (χ1n) is 10.2. The van der Waals surface area contributed by atoms with Crippen molar-refractivity contribution in [2.24, 2.45) is 0 Å². The highest BCUT2D eigenvalue weighted by atomic mass is 16.6. The van der Waals surface area contributed by atoms with Crippen LogP contribution in [0.3, 0.4) is 0 Å². The Kier molecular flexibility index (Phi) is 4.82. The molecule has 2 aromatic carbocycles. The molecule has 5 rings (SSSR count). The summed E-state index contributed by atoms with van der Waals surface area (Å²) in [5.41, 5.74) is 4.50. The molecule has 1 unspecified atom stereocenters. The molecule has 1 fully saturated rings. The van der Waals surface area contributed by atoms with Gasteiger partial charge in [0.15, 0.2) is 0 Å². The molecule has 31 heavy (non-hydrogen) atoms. The molecule has 3 heterocycles. The molecular weight excluding hydrogens is 396 g/mol. The summed E-state index contributed by atoms with van der Waals surface area (Å²) in [7, 11) is 0.